The van der Waals surface area contributed by atoms with Gasteiger partial charge < -0.3 is 23.4 Å². The highest BCUT2D eigenvalue weighted by Gasteiger charge is 2.51. The van der Waals surface area contributed by atoms with Crippen LogP contribution in [-0.4, -0.2) is 45.3 Å². The number of fused-ring (bicyclic) bond motifs is 1. The molecule has 176 valence electrons. The minimum atomic E-state index is -0.462. The third-order valence-electron chi connectivity index (χ3n) is 6.16. The molecule has 9 nitrogen and oxygen atoms in total. The lowest BCUT2D eigenvalue weighted by atomic mass is 9.80. The van der Waals surface area contributed by atoms with Gasteiger partial charge in [0.25, 0.3) is 0 Å². The van der Waals surface area contributed by atoms with Crippen LogP contribution >= 0.6 is 0 Å². The molecule has 4 rings (SSSR count). The summed E-state index contributed by atoms with van der Waals surface area (Å²) in [5, 5.41) is 5.57. The van der Waals surface area contributed by atoms with Gasteiger partial charge in [0.15, 0.2) is 11.7 Å². The van der Waals surface area contributed by atoms with Gasteiger partial charge in [0.2, 0.25) is 0 Å². The van der Waals surface area contributed by atoms with E-state index in [1.807, 2.05) is 50.4 Å². The number of oxazole rings is 1. The molecule has 0 spiro atoms. The Morgan fingerprint density at radius 3 is 2.45 bits per heavy atom. The smallest absolute Gasteiger partial charge is 0.445 e. The topological polar surface area (TPSA) is 103 Å². The van der Waals surface area contributed by atoms with Crippen LogP contribution in [0.1, 0.15) is 60.1 Å². The Morgan fingerprint density at radius 2 is 1.82 bits per heavy atom. The number of hydrogen-bond acceptors (Lipinski definition) is 6. The fraction of sp³-hybridized carbons (Fsp3) is 0.522. The average Bonchev–Trinajstić information content (AvgIpc) is 3.37. The minimum absolute atomic E-state index is 0.0958. The quantitative estimate of drug-likeness (QED) is 0.575. The predicted molar refractivity (Wildman–Crippen MR) is 127 cm³/mol. The number of imidazole rings is 1. The molecule has 0 saturated carbocycles. The van der Waals surface area contributed by atoms with Gasteiger partial charge in [-0.25, -0.2) is 14.8 Å². The highest BCUT2D eigenvalue weighted by atomic mass is 16.7. The fourth-order valence-corrected chi connectivity index (χ4v) is 3.40. The van der Waals surface area contributed by atoms with Gasteiger partial charge in [0, 0.05) is 24.6 Å². The number of hydrogen-bond donors (Lipinski definition) is 2. The van der Waals surface area contributed by atoms with Crippen LogP contribution in [0, 0.1) is 0 Å². The molecular weight excluding hydrogens is 421 g/mol. The second-order valence-corrected chi connectivity index (χ2v) is 10.4. The van der Waals surface area contributed by atoms with Crippen LogP contribution in [0.15, 0.2) is 35.1 Å². The lowest BCUT2D eigenvalue weighted by molar-refractivity contribution is 0.00578. The van der Waals surface area contributed by atoms with Gasteiger partial charge in [-0.2, -0.15) is 0 Å². The summed E-state index contributed by atoms with van der Waals surface area (Å²) in [6.07, 6.45) is 5.91. The molecule has 0 radical (unpaired) electrons. The summed E-state index contributed by atoms with van der Waals surface area (Å²) < 4.78 is 19.8. The number of nitrogens with zero attached hydrogens (tertiary/aromatic N) is 3. The summed E-state index contributed by atoms with van der Waals surface area (Å²) in [7, 11) is -0.462. The number of carbonyl (C=O) groups is 1. The third-order valence-corrected chi connectivity index (χ3v) is 6.16. The first-order chi connectivity index (χ1) is 15.3. The van der Waals surface area contributed by atoms with E-state index in [1.54, 1.807) is 12.4 Å². The molecule has 0 atom stereocenters. The normalized spacial score (nSPS) is 17.5. The van der Waals surface area contributed by atoms with Crippen LogP contribution in [0.2, 0.25) is 0 Å². The van der Waals surface area contributed by atoms with Crippen LogP contribution in [0.5, 0.6) is 0 Å². The first-order valence-corrected chi connectivity index (χ1v) is 11.2. The van der Waals surface area contributed by atoms with Crippen LogP contribution < -0.4 is 16.1 Å². The zero-order chi connectivity index (χ0) is 24.0. The minimum Gasteiger partial charge on any atom is -0.445 e. The molecule has 0 aromatic carbocycles. The summed E-state index contributed by atoms with van der Waals surface area (Å²) in [5.41, 5.74) is 0.675. The number of urea groups is 1. The number of rotatable bonds is 5. The van der Waals surface area contributed by atoms with E-state index in [9.17, 15) is 4.79 Å². The highest BCUT2D eigenvalue weighted by Crippen LogP contribution is 2.36. The summed E-state index contributed by atoms with van der Waals surface area (Å²) in [5.74, 6) is 1.87. The van der Waals surface area contributed by atoms with Gasteiger partial charge in [0.05, 0.1) is 23.6 Å². The molecular formula is C23H32BN5O4. The molecule has 1 aliphatic heterocycles. The number of aromatic nitrogens is 3. The van der Waals surface area contributed by atoms with Crippen molar-refractivity contribution in [1.82, 2.24) is 19.7 Å². The Morgan fingerprint density at radius 1 is 1.12 bits per heavy atom. The van der Waals surface area contributed by atoms with E-state index in [0.29, 0.717) is 30.3 Å². The first-order valence-electron chi connectivity index (χ1n) is 11.2. The van der Waals surface area contributed by atoms with E-state index >= 15 is 0 Å². The number of anilines is 1. The van der Waals surface area contributed by atoms with E-state index < -0.39 is 18.3 Å². The number of nitrogens with one attached hydrogen (secondary N) is 2. The Bertz CT molecular complexity index is 1150. The Labute approximate surface area is 194 Å². The maximum atomic E-state index is 12.3. The lowest BCUT2D eigenvalue weighted by Gasteiger charge is -2.32. The van der Waals surface area contributed by atoms with Gasteiger partial charge in [-0.3, -0.25) is 5.32 Å². The molecule has 0 unspecified atom stereocenters. The van der Waals surface area contributed by atoms with E-state index in [1.165, 1.54) is 0 Å². The van der Waals surface area contributed by atoms with Gasteiger partial charge in [-0.05, 0) is 39.2 Å². The zero-order valence-electron chi connectivity index (χ0n) is 20.4. The Hall–Kier alpha value is -2.85. The second-order valence-electron chi connectivity index (χ2n) is 10.4. The van der Waals surface area contributed by atoms with E-state index in [4.69, 9.17) is 13.7 Å². The monoisotopic (exact) mass is 453 g/mol. The maximum Gasteiger partial charge on any atom is 0.496 e. The summed E-state index contributed by atoms with van der Waals surface area (Å²) >= 11 is 0. The van der Waals surface area contributed by atoms with Crippen LogP contribution in [0.25, 0.3) is 5.65 Å². The van der Waals surface area contributed by atoms with Crippen LogP contribution in [0.3, 0.4) is 0 Å². The molecule has 1 saturated heterocycles. The summed E-state index contributed by atoms with van der Waals surface area (Å²) in [6.45, 7) is 14.7. The van der Waals surface area contributed by atoms with Crippen molar-refractivity contribution >= 4 is 30.1 Å². The van der Waals surface area contributed by atoms with E-state index in [-0.39, 0.29) is 11.4 Å². The summed E-state index contributed by atoms with van der Waals surface area (Å²) in [4.78, 5) is 21.0. The molecule has 33 heavy (non-hydrogen) atoms. The number of carbonyl (C=O) groups excluding carboxylic acids is 1. The molecule has 0 aliphatic carbocycles. The van der Waals surface area contributed by atoms with E-state index in [0.717, 1.165) is 11.2 Å². The van der Waals surface area contributed by atoms with Crippen LogP contribution in [0.4, 0.5) is 10.6 Å². The van der Waals surface area contributed by atoms with Crippen LogP contribution in [-0.2, 0) is 21.1 Å². The first kappa shape index (κ1) is 23.3. The van der Waals surface area contributed by atoms with Crippen molar-refractivity contribution in [2.24, 2.45) is 0 Å². The largest absolute Gasteiger partial charge is 0.496 e. The second kappa shape index (κ2) is 8.18. The molecule has 0 bridgehead atoms. The number of amides is 2. The van der Waals surface area contributed by atoms with Crippen molar-refractivity contribution in [3.63, 3.8) is 0 Å². The van der Waals surface area contributed by atoms with Crippen molar-refractivity contribution in [2.75, 3.05) is 11.9 Å². The molecule has 1 fully saturated rings. The molecule has 2 amide bonds. The van der Waals surface area contributed by atoms with Crippen molar-refractivity contribution < 1.29 is 18.5 Å². The molecule has 4 heterocycles. The third kappa shape index (κ3) is 4.91. The Balaban J connectivity index is 1.34. The molecule has 1 aliphatic rings. The number of pyridine rings is 1. The van der Waals surface area contributed by atoms with Gasteiger partial charge in [0.1, 0.15) is 11.4 Å². The molecule has 3 aromatic heterocycles. The van der Waals surface area contributed by atoms with Gasteiger partial charge >= 0.3 is 13.1 Å². The van der Waals surface area contributed by atoms with Gasteiger partial charge in [-0.15, -0.1) is 0 Å². The Kier molecular flexibility index (Phi) is 5.78. The fourth-order valence-electron chi connectivity index (χ4n) is 3.40. The molecule has 3 aromatic rings. The SMILES string of the molecule is CC(C)(C)c1cnc(CCNC(=O)Nc2cn3cc(B4OC(C)(C)C(C)(C)O4)ccc3n2)o1. The summed E-state index contributed by atoms with van der Waals surface area (Å²) in [6, 6.07) is 3.46. The van der Waals surface area contributed by atoms with Crippen molar-refractivity contribution in [2.45, 2.75) is 71.5 Å². The van der Waals surface area contributed by atoms with Crippen molar-refractivity contribution in [3.8, 4) is 0 Å². The lowest BCUT2D eigenvalue weighted by Crippen LogP contribution is -2.41. The predicted octanol–water partition coefficient (Wildman–Crippen LogP) is 3.28. The molecule has 2 N–H and O–H groups in total. The van der Waals surface area contributed by atoms with E-state index in [2.05, 4.69) is 41.4 Å². The zero-order valence-corrected chi connectivity index (χ0v) is 20.4. The highest BCUT2D eigenvalue weighted by molar-refractivity contribution is 6.62. The van der Waals surface area contributed by atoms with Crippen molar-refractivity contribution in [1.29, 1.82) is 0 Å². The molecule has 10 heteroatoms. The standard InChI is InChI=1S/C23H32BN5O4/c1-21(2,3)16-12-26-19(31-16)10-11-25-20(30)28-17-14-29-13-15(8-9-18(29)27-17)24-32-22(4,5)23(6,7)33-24/h8-9,12-14H,10-11H2,1-7H3,(H2,25,28,30). The maximum absolute atomic E-state index is 12.3. The average molecular weight is 453 g/mol. The van der Waals surface area contributed by atoms with Crippen molar-refractivity contribution in [3.05, 3.63) is 42.4 Å². The van der Waals surface area contributed by atoms with Gasteiger partial charge in [-0.1, -0.05) is 26.8 Å².